The highest BCUT2D eigenvalue weighted by Crippen LogP contribution is 2.52. The summed E-state index contributed by atoms with van der Waals surface area (Å²) >= 11 is 0. The van der Waals surface area contributed by atoms with Crippen LogP contribution in [0.25, 0.3) is 10.9 Å². The first-order valence-corrected chi connectivity index (χ1v) is 21.8. The lowest BCUT2D eigenvalue weighted by molar-refractivity contribution is -0.220. The maximum absolute atomic E-state index is 17.8. The van der Waals surface area contributed by atoms with Gasteiger partial charge in [0.1, 0.15) is 29.1 Å². The number of halogens is 2. The minimum absolute atomic E-state index is 0.00195. The highest BCUT2D eigenvalue weighted by Gasteiger charge is 2.71. The van der Waals surface area contributed by atoms with Crippen molar-refractivity contribution < 1.29 is 60.4 Å². The quantitative estimate of drug-likeness (QED) is 0.199. The van der Waals surface area contributed by atoms with Crippen LogP contribution in [0.15, 0.2) is 36.4 Å². The monoisotopic (exact) mass is 863 g/mol. The maximum atomic E-state index is 17.8. The van der Waals surface area contributed by atoms with E-state index < -0.39 is 98.4 Å². The van der Waals surface area contributed by atoms with Crippen molar-refractivity contribution in [2.45, 2.75) is 145 Å². The summed E-state index contributed by atoms with van der Waals surface area (Å²) in [6.07, 6.45) is 0.762. The second-order valence-corrected chi connectivity index (χ2v) is 19.0. The van der Waals surface area contributed by atoms with Crippen molar-refractivity contribution in [2.75, 3.05) is 14.2 Å². The molecule has 1 saturated heterocycles. The van der Waals surface area contributed by atoms with E-state index in [4.69, 9.17) is 18.9 Å². The van der Waals surface area contributed by atoms with Crippen LogP contribution >= 0.6 is 0 Å². The Kier molecular flexibility index (Phi) is 12.1. The number of ether oxygens (including phenoxy) is 4. The number of carbonyl (C=O) groups excluding carboxylic acids is 3. The Morgan fingerprint density at radius 3 is 2.43 bits per heavy atom. The molecule has 0 spiro atoms. The van der Waals surface area contributed by atoms with Crippen LogP contribution in [-0.4, -0.2) is 119 Å². The number of benzene rings is 1. The molecular formula is C41H55F2N5O11S. The van der Waals surface area contributed by atoms with Gasteiger partial charge in [-0.25, -0.2) is 18.2 Å². The summed E-state index contributed by atoms with van der Waals surface area (Å²) in [5.74, 6) is -4.11. The molecule has 3 heterocycles. The summed E-state index contributed by atoms with van der Waals surface area (Å²) in [5, 5.41) is 13.5. The summed E-state index contributed by atoms with van der Waals surface area (Å²) < 4.78 is 86.3. The van der Waals surface area contributed by atoms with Gasteiger partial charge >= 0.3 is 12.1 Å². The molecule has 6 rings (SSSR count). The van der Waals surface area contributed by atoms with Crippen LogP contribution in [0.5, 0.6) is 17.4 Å². The van der Waals surface area contributed by atoms with Crippen molar-refractivity contribution in [1.29, 1.82) is 0 Å². The minimum atomic E-state index is -4.35. The fourth-order valence-corrected chi connectivity index (χ4v) is 9.46. The van der Waals surface area contributed by atoms with Gasteiger partial charge in [0.2, 0.25) is 21.8 Å². The Balaban J connectivity index is 1.51. The third-order valence-electron chi connectivity index (χ3n) is 12.6. The first kappa shape index (κ1) is 44.8. The van der Waals surface area contributed by atoms with Crippen LogP contribution < -0.4 is 24.2 Å². The molecule has 0 radical (unpaired) electrons. The molecule has 0 bridgehead atoms. The number of carbonyl (C=O) groups is 4. The van der Waals surface area contributed by atoms with E-state index in [1.807, 2.05) is 0 Å². The van der Waals surface area contributed by atoms with Crippen LogP contribution in [-0.2, 0) is 29.1 Å². The highest BCUT2D eigenvalue weighted by molar-refractivity contribution is 7.91. The van der Waals surface area contributed by atoms with Gasteiger partial charge in [-0.2, -0.15) is 8.78 Å². The van der Waals surface area contributed by atoms with Gasteiger partial charge in [-0.15, -0.1) is 0 Å². The Labute approximate surface area is 348 Å². The van der Waals surface area contributed by atoms with E-state index in [1.54, 1.807) is 58.0 Å². The number of fused-ring (bicyclic) bond motifs is 3. The molecule has 19 heteroatoms. The summed E-state index contributed by atoms with van der Waals surface area (Å²) in [5.41, 5.74) is -4.31. The molecule has 1 aromatic carbocycles. The predicted octanol–water partition coefficient (Wildman–Crippen LogP) is 5.14. The standard InChI is InChI=1S/C41H55F2N5O11S/c1-9-23(3)47(37(52)53)33-30(10-2)58-24(4)13-11-12-14-25-21-40(25,36(51)46-60(54,55)38(5)17-18-38)45-34(49)29-22-39(6,41(42,43)48(29)35(33)50)59-31-20-32(57-8)44-28-19-26(56-7)15-16-27(28)31/h12,14-16,19-20,23-25,29-30,33H,9-11,13,17-18,21-22H2,1-8H3,(H,45,49)(H,46,51)(H,52,53)/b14-12-/t23?,24-,25-,29+,30+,33+,39-,40?/m1/s1. The first-order valence-electron chi connectivity index (χ1n) is 20.3. The van der Waals surface area contributed by atoms with Gasteiger partial charge in [0.15, 0.2) is 5.60 Å². The van der Waals surface area contributed by atoms with Crippen molar-refractivity contribution in [3.8, 4) is 17.4 Å². The molecule has 2 saturated carbocycles. The normalized spacial score (nSPS) is 31.0. The zero-order chi connectivity index (χ0) is 44.2. The van der Waals surface area contributed by atoms with E-state index in [1.165, 1.54) is 27.2 Å². The van der Waals surface area contributed by atoms with Gasteiger partial charge in [0.25, 0.3) is 11.8 Å². The average molecular weight is 864 g/mol. The molecule has 16 nitrogen and oxygen atoms in total. The fourth-order valence-electron chi connectivity index (χ4n) is 8.15. The number of sulfonamides is 1. The lowest BCUT2D eigenvalue weighted by Crippen LogP contribution is -2.66. The summed E-state index contributed by atoms with van der Waals surface area (Å²) in [7, 11) is -1.42. The van der Waals surface area contributed by atoms with E-state index >= 15 is 13.6 Å². The molecule has 2 unspecified atom stereocenters. The van der Waals surface area contributed by atoms with Crippen molar-refractivity contribution in [1.82, 2.24) is 24.8 Å². The Morgan fingerprint density at radius 1 is 1.13 bits per heavy atom. The zero-order valence-corrected chi connectivity index (χ0v) is 35.9. The zero-order valence-electron chi connectivity index (χ0n) is 35.1. The van der Waals surface area contributed by atoms with Crippen molar-refractivity contribution in [3.63, 3.8) is 0 Å². The van der Waals surface area contributed by atoms with E-state index in [9.17, 15) is 27.9 Å². The topological polar surface area (TPSA) is 203 Å². The largest absolute Gasteiger partial charge is 0.497 e. The number of pyridine rings is 1. The third-order valence-corrected chi connectivity index (χ3v) is 14.7. The molecule has 1 aromatic heterocycles. The Bertz CT molecular complexity index is 2170. The minimum Gasteiger partial charge on any atom is -0.497 e. The third kappa shape index (κ3) is 7.94. The number of aromatic nitrogens is 1. The van der Waals surface area contributed by atoms with Crippen LogP contribution in [0.3, 0.4) is 0 Å². The molecular weight excluding hydrogens is 809 g/mol. The first-order chi connectivity index (χ1) is 28.1. The average Bonchev–Trinajstić information content (AvgIpc) is 4.10. The van der Waals surface area contributed by atoms with Crippen LogP contribution in [0.1, 0.15) is 92.9 Å². The summed E-state index contributed by atoms with van der Waals surface area (Å²) in [6, 6.07) is -3.20. The molecule has 4 aliphatic rings. The number of carboxylic acid groups (broad SMARTS) is 1. The van der Waals surface area contributed by atoms with Crippen LogP contribution in [0.2, 0.25) is 0 Å². The maximum Gasteiger partial charge on any atom is 0.408 e. The number of rotatable bonds is 11. The van der Waals surface area contributed by atoms with Gasteiger partial charge < -0.3 is 29.4 Å². The van der Waals surface area contributed by atoms with E-state index in [2.05, 4.69) is 15.0 Å². The lowest BCUT2D eigenvalue weighted by Gasteiger charge is -2.42. The Morgan fingerprint density at radius 2 is 1.83 bits per heavy atom. The van der Waals surface area contributed by atoms with Gasteiger partial charge in [-0.1, -0.05) is 26.0 Å². The predicted molar refractivity (Wildman–Crippen MR) is 214 cm³/mol. The van der Waals surface area contributed by atoms with Gasteiger partial charge in [-0.05, 0) is 84.8 Å². The number of allylic oxidation sites excluding steroid dienone is 1. The molecule has 3 N–H and O–H groups in total. The van der Waals surface area contributed by atoms with Gasteiger partial charge in [-0.3, -0.25) is 28.9 Å². The molecule has 2 aliphatic heterocycles. The second kappa shape index (κ2) is 16.2. The highest BCUT2D eigenvalue weighted by atomic mass is 32.2. The SMILES string of the molecule is CCC(C)N(C(=O)O)[C@@H]1C(=O)N2[C@@H](C[C@@](C)(Oc3cc(OC)nc4cc(OC)ccc34)C2(F)F)C(=O)NC2(C(=O)NS(=O)(=O)C3(C)CC3)C[C@H]2/C=C\CC[C@@H](C)O[C@H]1CC. The second-order valence-electron chi connectivity index (χ2n) is 16.8. The fraction of sp³-hybridized carbons (Fsp3) is 0.634. The number of alkyl halides is 2. The molecule has 60 heavy (non-hydrogen) atoms. The number of amides is 4. The number of hydrogen-bond donors (Lipinski definition) is 3. The molecule has 2 aromatic rings. The van der Waals surface area contributed by atoms with Gasteiger partial charge in [0.05, 0.1) is 36.7 Å². The van der Waals surface area contributed by atoms with Gasteiger partial charge in [0, 0.05) is 35.9 Å². The number of hydrogen-bond acceptors (Lipinski definition) is 11. The van der Waals surface area contributed by atoms with Crippen LogP contribution in [0, 0.1) is 5.92 Å². The van der Waals surface area contributed by atoms with E-state index in [0.717, 1.165) is 11.8 Å². The summed E-state index contributed by atoms with van der Waals surface area (Å²) in [6.45, 7) is 9.11. The lowest BCUT2D eigenvalue weighted by atomic mass is 9.99. The smallest absolute Gasteiger partial charge is 0.408 e. The molecule has 8 atom stereocenters. The number of methoxy groups -OCH3 is 2. The molecule has 3 fully saturated rings. The summed E-state index contributed by atoms with van der Waals surface area (Å²) in [4.78, 5) is 62.3. The van der Waals surface area contributed by atoms with Crippen molar-refractivity contribution in [3.05, 3.63) is 36.4 Å². The Hall–Kier alpha value is -4.78. The number of nitrogens with zero attached hydrogens (tertiary/aromatic N) is 3. The van der Waals surface area contributed by atoms with Crippen molar-refractivity contribution in [2.24, 2.45) is 5.92 Å². The molecule has 4 amide bonds. The number of nitrogens with one attached hydrogen (secondary N) is 2. The van der Waals surface area contributed by atoms with Crippen LogP contribution in [0.4, 0.5) is 13.6 Å². The van der Waals surface area contributed by atoms with E-state index in [0.29, 0.717) is 31.4 Å². The molecule has 2 aliphatic carbocycles. The van der Waals surface area contributed by atoms with E-state index in [-0.39, 0.29) is 46.7 Å². The van der Waals surface area contributed by atoms with Crippen molar-refractivity contribution >= 4 is 44.7 Å². The molecule has 330 valence electrons.